The first-order valence-electron chi connectivity index (χ1n) is 11.6. The Kier molecular flexibility index (Phi) is 6.47. The molecule has 176 valence electrons. The number of rotatable bonds is 5. The smallest absolute Gasteiger partial charge is 0.311 e. The van der Waals surface area contributed by atoms with E-state index in [4.69, 9.17) is 9.84 Å². The van der Waals surface area contributed by atoms with Crippen LogP contribution in [-0.2, 0) is 19.1 Å². The Morgan fingerprint density at radius 3 is 2.66 bits per heavy atom. The summed E-state index contributed by atoms with van der Waals surface area (Å²) in [5.74, 6) is -1.72. The van der Waals surface area contributed by atoms with Gasteiger partial charge >= 0.3 is 5.97 Å². The number of hydrogen-bond donors (Lipinski definition) is 1. The lowest BCUT2D eigenvalue weighted by Gasteiger charge is -2.40. The Bertz CT molecular complexity index is 835. The number of aliphatic hydroxyl groups is 1. The average molecular weight is 463 g/mol. The van der Waals surface area contributed by atoms with Crippen molar-refractivity contribution in [2.24, 2.45) is 11.8 Å². The van der Waals surface area contributed by atoms with Crippen molar-refractivity contribution in [2.45, 2.75) is 68.0 Å². The summed E-state index contributed by atoms with van der Waals surface area (Å²) >= 11 is 1.58. The van der Waals surface area contributed by atoms with Crippen molar-refractivity contribution < 1.29 is 24.2 Å². The lowest BCUT2D eigenvalue weighted by atomic mass is 9.78. The van der Waals surface area contributed by atoms with Crippen LogP contribution in [0.25, 0.3) is 0 Å². The van der Waals surface area contributed by atoms with Crippen molar-refractivity contribution >= 4 is 29.5 Å². The van der Waals surface area contributed by atoms with E-state index >= 15 is 0 Å². The highest BCUT2D eigenvalue weighted by molar-refractivity contribution is 8.02. The molecule has 0 radical (unpaired) electrons. The minimum Gasteiger partial charge on any atom is -0.465 e. The molecule has 0 aliphatic carbocycles. The number of nitrogens with zero attached hydrogens (tertiary/aromatic N) is 2. The number of carbonyl (C=O) groups is 3. The molecule has 8 heteroatoms. The molecule has 2 amide bonds. The van der Waals surface area contributed by atoms with Gasteiger partial charge < -0.3 is 19.6 Å². The van der Waals surface area contributed by atoms with Crippen LogP contribution in [0.2, 0.25) is 0 Å². The van der Waals surface area contributed by atoms with Crippen LogP contribution >= 0.6 is 11.8 Å². The van der Waals surface area contributed by atoms with Gasteiger partial charge in [-0.2, -0.15) is 0 Å². The van der Waals surface area contributed by atoms with Gasteiger partial charge in [0, 0.05) is 30.5 Å². The molecule has 1 spiro atoms. The Hall–Kier alpha value is -1.80. The van der Waals surface area contributed by atoms with Gasteiger partial charge in [-0.05, 0) is 46.5 Å². The van der Waals surface area contributed by atoms with E-state index < -0.39 is 22.6 Å². The quantitative estimate of drug-likeness (QED) is 0.383. The number of hydrogen-bond acceptors (Lipinski definition) is 6. The van der Waals surface area contributed by atoms with E-state index in [9.17, 15) is 14.4 Å². The predicted octanol–water partition coefficient (Wildman–Crippen LogP) is 2.15. The van der Waals surface area contributed by atoms with Crippen LogP contribution in [0.1, 0.15) is 46.5 Å². The van der Waals surface area contributed by atoms with Crippen molar-refractivity contribution in [1.82, 2.24) is 9.80 Å². The predicted molar refractivity (Wildman–Crippen MR) is 123 cm³/mol. The Morgan fingerprint density at radius 1 is 1.16 bits per heavy atom. The van der Waals surface area contributed by atoms with Crippen molar-refractivity contribution in [3.8, 4) is 0 Å². The van der Waals surface area contributed by atoms with Crippen LogP contribution < -0.4 is 0 Å². The zero-order valence-electron chi connectivity index (χ0n) is 19.2. The van der Waals surface area contributed by atoms with Gasteiger partial charge in [0.25, 0.3) is 0 Å². The maximum absolute atomic E-state index is 14.0. The zero-order chi connectivity index (χ0) is 23.1. The number of fused-ring (bicyclic) bond motifs is 2. The molecule has 0 aromatic heterocycles. The van der Waals surface area contributed by atoms with Gasteiger partial charge in [-0.1, -0.05) is 24.3 Å². The molecule has 2 fully saturated rings. The molecule has 1 N–H and O–H groups in total. The maximum atomic E-state index is 14.0. The largest absolute Gasteiger partial charge is 0.465 e. The summed E-state index contributed by atoms with van der Waals surface area (Å²) in [5.41, 5.74) is -0.388. The number of thioether (sulfide) groups is 1. The summed E-state index contributed by atoms with van der Waals surface area (Å²) in [5, 5.41) is 8.94. The lowest BCUT2D eigenvalue weighted by Crippen LogP contribution is -2.57. The van der Waals surface area contributed by atoms with Crippen molar-refractivity contribution in [3.63, 3.8) is 0 Å². The Balaban J connectivity index is 1.77. The highest BCUT2D eigenvalue weighted by Gasteiger charge is 2.71. The van der Waals surface area contributed by atoms with Gasteiger partial charge in [0.15, 0.2) is 0 Å². The van der Waals surface area contributed by atoms with Crippen molar-refractivity contribution in [1.29, 1.82) is 0 Å². The summed E-state index contributed by atoms with van der Waals surface area (Å²) in [6, 6.07) is -0.647. The molecule has 7 nitrogen and oxygen atoms in total. The van der Waals surface area contributed by atoms with Crippen LogP contribution in [-0.4, -0.2) is 80.6 Å². The van der Waals surface area contributed by atoms with Gasteiger partial charge in [0.05, 0.1) is 23.2 Å². The first-order chi connectivity index (χ1) is 15.2. The van der Waals surface area contributed by atoms with Crippen LogP contribution in [0.4, 0.5) is 0 Å². The molecular weight excluding hydrogens is 428 g/mol. The molecule has 0 bridgehead atoms. The highest BCUT2D eigenvalue weighted by atomic mass is 32.2. The molecule has 0 aromatic carbocycles. The average Bonchev–Trinajstić information content (AvgIpc) is 3.08. The molecule has 2 saturated heterocycles. The maximum Gasteiger partial charge on any atom is 0.311 e. The second kappa shape index (κ2) is 8.86. The van der Waals surface area contributed by atoms with E-state index in [1.165, 1.54) is 0 Å². The fourth-order valence-electron chi connectivity index (χ4n) is 5.52. The fraction of sp³-hybridized carbons (Fsp3) is 0.708. The molecule has 4 aliphatic rings. The van der Waals surface area contributed by atoms with E-state index in [2.05, 4.69) is 0 Å². The molecule has 4 aliphatic heterocycles. The first kappa shape index (κ1) is 23.4. The highest BCUT2D eigenvalue weighted by Crippen LogP contribution is 2.61. The topological polar surface area (TPSA) is 87.2 Å². The summed E-state index contributed by atoms with van der Waals surface area (Å²) in [4.78, 5) is 44.4. The van der Waals surface area contributed by atoms with E-state index in [0.717, 1.165) is 6.42 Å². The number of unbranched alkanes of at least 4 members (excludes halogenated alkanes) is 2. The van der Waals surface area contributed by atoms with Crippen molar-refractivity contribution in [3.05, 3.63) is 24.3 Å². The summed E-state index contributed by atoms with van der Waals surface area (Å²) < 4.78 is 4.71. The van der Waals surface area contributed by atoms with Crippen LogP contribution in [0.15, 0.2) is 24.3 Å². The van der Waals surface area contributed by atoms with E-state index in [0.29, 0.717) is 39.0 Å². The standard InChI is InChI=1S/C24H34N2O5S/c1-23(2,3)26-13-9-11-24-18(17-16(32-24)10-5-8-15-31-22(17)30)20(28)25(19(24)21(26)29)12-6-4-7-14-27/h5,9-11,16-19,27H,4,6-8,12-15H2,1-3H3/t16-,17+,18-,19?,24-/m0/s1. The molecule has 0 aromatic rings. The molecule has 32 heavy (non-hydrogen) atoms. The van der Waals surface area contributed by atoms with Crippen LogP contribution in [0, 0.1) is 11.8 Å². The third kappa shape index (κ3) is 3.79. The van der Waals surface area contributed by atoms with Gasteiger partial charge in [0.1, 0.15) is 6.04 Å². The number of likely N-dealkylation sites (tertiary alicyclic amines) is 1. The number of ether oxygens (including phenoxy) is 1. The van der Waals surface area contributed by atoms with Crippen molar-refractivity contribution in [2.75, 3.05) is 26.3 Å². The number of cyclic esters (lactones) is 1. The Morgan fingerprint density at radius 2 is 1.94 bits per heavy atom. The van der Waals surface area contributed by atoms with Gasteiger partial charge in [-0.15, -0.1) is 11.8 Å². The van der Waals surface area contributed by atoms with E-state index in [1.54, 1.807) is 16.7 Å². The second-order valence-electron chi connectivity index (χ2n) is 10.1. The van der Waals surface area contributed by atoms with E-state index in [1.807, 2.05) is 50.0 Å². The molecule has 4 rings (SSSR count). The summed E-state index contributed by atoms with van der Waals surface area (Å²) in [6.07, 6.45) is 10.9. The third-order valence-corrected chi connectivity index (χ3v) is 8.73. The van der Waals surface area contributed by atoms with Gasteiger partial charge in [-0.25, -0.2) is 0 Å². The number of carbonyl (C=O) groups excluding carboxylic acids is 3. The van der Waals surface area contributed by atoms with Crippen LogP contribution in [0.3, 0.4) is 0 Å². The number of esters is 1. The normalized spacial score (nSPS) is 34.6. The molecule has 0 saturated carbocycles. The molecule has 4 heterocycles. The van der Waals surface area contributed by atoms with Gasteiger partial charge in [-0.3, -0.25) is 14.4 Å². The molecular formula is C24H34N2O5S. The summed E-state index contributed by atoms with van der Waals surface area (Å²) in [6.45, 7) is 7.38. The van der Waals surface area contributed by atoms with E-state index in [-0.39, 0.29) is 35.2 Å². The molecule has 1 unspecified atom stereocenters. The lowest BCUT2D eigenvalue weighted by molar-refractivity contribution is -0.153. The monoisotopic (exact) mass is 462 g/mol. The fourth-order valence-corrected chi connectivity index (χ4v) is 7.52. The number of amides is 2. The first-order valence-corrected chi connectivity index (χ1v) is 12.5. The number of aliphatic hydroxyl groups excluding tert-OH is 1. The molecule has 5 atom stereocenters. The van der Waals surface area contributed by atoms with Gasteiger partial charge in [0.2, 0.25) is 11.8 Å². The minimum atomic E-state index is -0.784. The summed E-state index contributed by atoms with van der Waals surface area (Å²) in [7, 11) is 0. The SMILES string of the molecule is CC(C)(C)N1CC=C[C@]23S[C@H]4C=CCCOC(=O)[C@H]4[C@H]2C(=O)N(CCCCCO)C3C1=O. The second-order valence-corrected chi connectivity index (χ2v) is 11.6. The Labute approximate surface area is 194 Å². The van der Waals surface area contributed by atoms with Crippen LogP contribution in [0.5, 0.6) is 0 Å². The third-order valence-electron chi connectivity index (χ3n) is 6.99. The zero-order valence-corrected chi connectivity index (χ0v) is 20.0. The minimum absolute atomic E-state index is 0.0559.